The summed E-state index contributed by atoms with van der Waals surface area (Å²) in [5.74, 6) is 0. The number of nitrogens with zero attached hydrogens (tertiary/aromatic N) is 2. The predicted molar refractivity (Wildman–Crippen MR) is 215 cm³/mol. The van der Waals surface area contributed by atoms with E-state index in [1.807, 2.05) is 18.7 Å². The molecule has 0 atom stereocenters. The molecule has 0 aromatic carbocycles. The van der Waals surface area contributed by atoms with E-state index in [0.29, 0.717) is 4.32 Å². The Balaban J connectivity index is 0. The second kappa shape index (κ2) is 38.5. The van der Waals surface area contributed by atoms with Crippen molar-refractivity contribution >= 4 is 29.2 Å². The number of quaternary nitrogens is 1. The van der Waals surface area contributed by atoms with Gasteiger partial charge in [-0.2, -0.15) is 0 Å². The molecule has 0 rings (SSSR count). The van der Waals surface area contributed by atoms with Crippen molar-refractivity contribution in [2.75, 3.05) is 39.3 Å². The van der Waals surface area contributed by atoms with E-state index in [2.05, 4.69) is 27.7 Å². The second-order valence-corrected chi connectivity index (χ2v) is 15.2. The van der Waals surface area contributed by atoms with Crippen molar-refractivity contribution in [2.45, 2.75) is 221 Å². The van der Waals surface area contributed by atoms with Gasteiger partial charge in [-0.15, -0.1) is 0 Å². The van der Waals surface area contributed by atoms with Crippen LogP contribution in [0, 0.1) is 0 Å². The van der Waals surface area contributed by atoms with Gasteiger partial charge in [0.15, 0.2) is 0 Å². The monoisotopic (exact) mass is 671 g/mol. The number of rotatable bonds is 34. The van der Waals surface area contributed by atoms with Gasteiger partial charge in [0.2, 0.25) is 0 Å². The number of hydrogen-bond donors (Lipinski definition) is 0. The van der Waals surface area contributed by atoms with Crippen LogP contribution >= 0.6 is 12.2 Å². The summed E-state index contributed by atoms with van der Waals surface area (Å²) in [4.78, 5) is 1.96. The Morgan fingerprint density at radius 3 is 0.733 bits per heavy atom. The van der Waals surface area contributed by atoms with E-state index < -0.39 is 0 Å². The van der Waals surface area contributed by atoms with Crippen molar-refractivity contribution < 1.29 is 4.48 Å². The van der Waals surface area contributed by atoms with Gasteiger partial charge in [-0.25, -0.2) is 0 Å². The third-order valence-corrected chi connectivity index (χ3v) is 10.5. The van der Waals surface area contributed by atoms with Crippen LogP contribution < -0.4 is 0 Å². The Morgan fingerprint density at radius 1 is 0.378 bits per heavy atom. The van der Waals surface area contributed by atoms with E-state index in [1.165, 1.54) is 210 Å². The molecule has 4 heteroatoms. The fraction of sp³-hybridized carbons (Fsp3) is 0.976. The summed E-state index contributed by atoms with van der Waals surface area (Å²) >= 11 is 9.51. The van der Waals surface area contributed by atoms with Crippen LogP contribution in [0.1, 0.15) is 221 Å². The summed E-state index contributed by atoms with van der Waals surface area (Å²) in [7, 11) is 0. The van der Waals surface area contributed by atoms with E-state index >= 15 is 0 Å². The highest BCUT2D eigenvalue weighted by molar-refractivity contribution is 8.00. The Hall–Kier alpha value is 0.0700. The topological polar surface area (TPSA) is 3.24 Å². The minimum Gasteiger partial charge on any atom is -0.411 e. The molecular weight excluding hydrogens is 585 g/mol. The fourth-order valence-corrected chi connectivity index (χ4v) is 7.29. The molecule has 0 aliphatic rings. The minimum atomic E-state index is 0.579. The molecule has 45 heavy (non-hydrogen) atoms. The summed E-state index contributed by atoms with van der Waals surface area (Å²) in [6.07, 6.45) is 40.7. The van der Waals surface area contributed by atoms with Crippen LogP contribution in [0.4, 0.5) is 0 Å². The highest BCUT2D eigenvalue weighted by Crippen LogP contribution is 2.21. The van der Waals surface area contributed by atoms with E-state index in [0.717, 1.165) is 13.1 Å². The lowest BCUT2D eigenvalue weighted by molar-refractivity contribution is -0.929. The Bertz CT molecular complexity index is 526. The van der Waals surface area contributed by atoms with Crippen molar-refractivity contribution in [1.82, 2.24) is 4.90 Å². The van der Waals surface area contributed by atoms with Crippen molar-refractivity contribution in [3.8, 4) is 0 Å². The van der Waals surface area contributed by atoms with E-state index in [1.54, 1.807) is 0 Å². The van der Waals surface area contributed by atoms with Gasteiger partial charge >= 0.3 is 0 Å². The van der Waals surface area contributed by atoms with E-state index in [4.69, 9.17) is 24.8 Å². The van der Waals surface area contributed by atoms with Crippen LogP contribution in [0.25, 0.3) is 0 Å². The Kier molecular flexibility index (Phi) is 40.4. The van der Waals surface area contributed by atoms with Gasteiger partial charge in [-0.1, -0.05) is 160 Å². The van der Waals surface area contributed by atoms with Gasteiger partial charge in [0.05, 0.1) is 26.2 Å². The molecule has 272 valence electrons. The lowest BCUT2D eigenvalue weighted by Gasteiger charge is -2.40. The van der Waals surface area contributed by atoms with Crippen molar-refractivity contribution in [3.05, 3.63) is 0 Å². The van der Waals surface area contributed by atoms with Crippen LogP contribution in [-0.2, 0) is 12.6 Å². The summed E-state index contributed by atoms with van der Waals surface area (Å²) < 4.78 is 2.06. The molecule has 0 unspecified atom stereocenters. The van der Waals surface area contributed by atoms with Gasteiger partial charge in [-0.3, -0.25) is 0 Å². The molecule has 0 fully saturated rings. The molecule has 0 heterocycles. The standard InChI is InChI=1S/C36H76N.C5H11NS2/c1-5-9-13-17-21-23-27-31-35-37(33-29-25-19-15-11-7-3,34-30-26-20-16-12-8-4)36-32-28-24-22-18-14-10-6-2;1-3-6(4-2)5(7)8/h5-36H2,1-4H3;3-4H2,1-2H3,(H,7,8)/q+1;/p-1. The lowest BCUT2D eigenvalue weighted by Crippen LogP contribution is -2.50. The maximum atomic E-state index is 4.76. The zero-order chi connectivity index (χ0) is 33.7. The smallest absolute Gasteiger partial charge is 0.0786 e. The summed E-state index contributed by atoms with van der Waals surface area (Å²) in [5.41, 5.74) is 0. The first-order valence-electron chi connectivity index (χ1n) is 20.8. The van der Waals surface area contributed by atoms with Crippen LogP contribution in [0.5, 0.6) is 0 Å². The van der Waals surface area contributed by atoms with Crippen LogP contribution in [0.2, 0.25) is 0 Å². The average molecular weight is 671 g/mol. The van der Waals surface area contributed by atoms with E-state index in [-0.39, 0.29) is 0 Å². The molecule has 0 radical (unpaired) electrons. The van der Waals surface area contributed by atoms with Crippen LogP contribution in [0.15, 0.2) is 0 Å². The molecule has 0 saturated heterocycles. The van der Waals surface area contributed by atoms with Crippen molar-refractivity contribution in [1.29, 1.82) is 0 Å². The maximum Gasteiger partial charge on any atom is 0.0786 e. The Morgan fingerprint density at radius 2 is 0.578 bits per heavy atom. The van der Waals surface area contributed by atoms with Gasteiger partial charge in [0.25, 0.3) is 0 Å². The van der Waals surface area contributed by atoms with Crippen LogP contribution in [-0.4, -0.2) is 53.0 Å². The number of unbranched alkanes of at least 4 members (excludes halogenated alkanes) is 24. The number of thiocarbonyl (C=S) groups is 1. The fourth-order valence-electron chi connectivity index (χ4n) is 6.77. The normalized spacial score (nSPS) is 11.4. The molecule has 0 aromatic rings. The first-order valence-corrected chi connectivity index (χ1v) is 21.6. The minimum absolute atomic E-state index is 0.579. The molecule has 0 spiro atoms. The van der Waals surface area contributed by atoms with Gasteiger partial charge < -0.3 is 34.2 Å². The summed E-state index contributed by atoms with van der Waals surface area (Å²) in [6, 6.07) is 0. The molecule has 0 aromatic heterocycles. The predicted octanol–water partition coefficient (Wildman–Crippen LogP) is 14.0. The molecule has 0 aliphatic heterocycles. The zero-order valence-corrected chi connectivity index (χ0v) is 33.9. The quantitative estimate of drug-likeness (QED) is 0.0290. The highest BCUT2D eigenvalue weighted by Gasteiger charge is 2.25. The number of hydrogen-bond acceptors (Lipinski definition) is 2. The molecule has 2 nitrogen and oxygen atoms in total. The SMILES string of the molecule is CCCCCCCCCC[N+](CCCCCCCC)(CCCCCCCC)CCCCCCCCCC.CCN(CC)C(=S)[S-]. The molecule has 0 aliphatic carbocycles. The van der Waals surface area contributed by atoms with Crippen molar-refractivity contribution in [2.24, 2.45) is 0 Å². The molecular formula is C41H86N2S2. The lowest BCUT2D eigenvalue weighted by atomic mass is 10.0. The van der Waals surface area contributed by atoms with Gasteiger partial charge in [0, 0.05) is 13.1 Å². The molecule has 0 bridgehead atoms. The first kappa shape index (κ1) is 47.2. The summed E-state index contributed by atoms with van der Waals surface area (Å²) in [6.45, 7) is 21.2. The first-order chi connectivity index (χ1) is 22.0. The molecule has 0 N–H and O–H groups in total. The molecule has 0 amide bonds. The largest absolute Gasteiger partial charge is 0.411 e. The second-order valence-electron chi connectivity index (χ2n) is 14.2. The van der Waals surface area contributed by atoms with E-state index in [9.17, 15) is 0 Å². The molecule has 0 saturated carbocycles. The summed E-state index contributed by atoms with van der Waals surface area (Å²) in [5, 5.41) is 0. The van der Waals surface area contributed by atoms with Gasteiger partial charge in [0.1, 0.15) is 0 Å². The third-order valence-electron chi connectivity index (χ3n) is 9.97. The van der Waals surface area contributed by atoms with Gasteiger partial charge in [-0.05, 0) is 65.2 Å². The highest BCUT2D eigenvalue weighted by atomic mass is 32.1. The maximum absolute atomic E-state index is 4.76. The zero-order valence-electron chi connectivity index (χ0n) is 32.3. The van der Waals surface area contributed by atoms with Crippen molar-refractivity contribution in [3.63, 3.8) is 0 Å². The average Bonchev–Trinajstić information content (AvgIpc) is 3.04. The Labute approximate surface area is 298 Å². The third kappa shape index (κ3) is 33.8. The van der Waals surface area contributed by atoms with Crippen LogP contribution in [0.3, 0.4) is 0 Å².